The van der Waals surface area contributed by atoms with E-state index in [9.17, 15) is 4.79 Å². The standard InChI is InChI=1S/C17H23NO3/c1-13-4-2-3-5-14(13)12-16(19)18-15-6-8-17(9-7-15)20-10-11-21-17/h2-5,15H,6-12H2,1H3,(H,18,19). The molecule has 1 heterocycles. The molecular weight excluding hydrogens is 266 g/mol. The van der Waals surface area contributed by atoms with Crippen LogP contribution in [0.2, 0.25) is 0 Å². The zero-order chi connectivity index (χ0) is 14.7. The molecule has 1 amide bonds. The molecule has 0 unspecified atom stereocenters. The zero-order valence-electron chi connectivity index (χ0n) is 12.6. The highest BCUT2D eigenvalue weighted by molar-refractivity contribution is 5.79. The van der Waals surface area contributed by atoms with Gasteiger partial charge in [0.15, 0.2) is 5.79 Å². The number of hydrogen-bond acceptors (Lipinski definition) is 3. The molecule has 3 rings (SSSR count). The lowest BCUT2D eigenvalue weighted by Crippen LogP contribution is -2.44. The lowest BCUT2D eigenvalue weighted by molar-refractivity contribution is -0.180. The van der Waals surface area contributed by atoms with Crippen molar-refractivity contribution in [2.45, 2.75) is 50.9 Å². The van der Waals surface area contributed by atoms with E-state index in [2.05, 4.69) is 5.32 Å². The van der Waals surface area contributed by atoms with Gasteiger partial charge >= 0.3 is 0 Å². The summed E-state index contributed by atoms with van der Waals surface area (Å²) in [5.74, 6) is -0.240. The molecule has 1 aliphatic carbocycles. The number of amides is 1. The average Bonchev–Trinajstić information content (AvgIpc) is 2.93. The highest BCUT2D eigenvalue weighted by Gasteiger charge is 2.40. The van der Waals surface area contributed by atoms with Crippen LogP contribution in [-0.4, -0.2) is 30.9 Å². The molecule has 0 bridgehead atoms. The smallest absolute Gasteiger partial charge is 0.224 e. The normalized spacial score (nSPS) is 21.6. The lowest BCUT2D eigenvalue weighted by atomic mass is 9.90. The van der Waals surface area contributed by atoms with E-state index in [4.69, 9.17) is 9.47 Å². The molecule has 21 heavy (non-hydrogen) atoms. The molecule has 1 saturated heterocycles. The molecule has 0 atom stereocenters. The van der Waals surface area contributed by atoms with Crippen LogP contribution in [-0.2, 0) is 20.7 Å². The van der Waals surface area contributed by atoms with Gasteiger partial charge in [0.25, 0.3) is 0 Å². The van der Waals surface area contributed by atoms with Crippen LogP contribution in [0.25, 0.3) is 0 Å². The Kier molecular flexibility index (Phi) is 4.27. The Bertz CT molecular complexity index is 499. The maximum atomic E-state index is 12.2. The summed E-state index contributed by atoms with van der Waals surface area (Å²) in [6.07, 6.45) is 4.07. The van der Waals surface area contributed by atoms with Crippen molar-refractivity contribution in [3.05, 3.63) is 35.4 Å². The predicted molar refractivity (Wildman–Crippen MR) is 79.9 cm³/mol. The fourth-order valence-electron chi connectivity index (χ4n) is 3.25. The van der Waals surface area contributed by atoms with Gasteiger partial charge in [-0.3, -0.25) is 4.79 Å². The van der Waals surface area contributed by atoms with Gasteiger partial charge in [-0.25, -0.2) is 0 Å². The third-order valence-electron chi connectivity index (χ3n) is 4.54. The molecule has 2 fully saturated rings. The SMILES string of the molecule is Cc1ccccc1CC(=O)NC1CCC2(CC1)OCCO2. The summed E-state index contributed by atoms with van der Waals surface area (Å²) >= 11 is 0. The number of ether oxygens (including phenoxy) is 2. The van der Waals surface area contributed by atoms with E-state index in [1.807, 2.05) is 31.2 Å². The van der Waals surface area contributed by atoms with Crippen LogP contribution in [0.5, 0.6) is 0 Å². The fraction of sp³-hybridized carbons (Fsp3) is 0.588. The number of nitrogens with one attached hydrogen (secondary N) is 1. The molecule has 4 heteroatoms. The second-order valence-corrected chi connectivity index (χ2v) is 6.05. The molecule has 0 aromatic heterocycles. The maximum absolute atomic E-state index is 12.2. The van der Waals surface area contributed by atoms with Crippen molar-refractivity contribution >= 4 is 5.91 Å². The minimum Gasteiger partial charge on any atom is -0.353 e. The Balaban J connectivity index is 1.49. The number of carbonyl (C=O) groups is 1. The van der Waals surface area contributed by atoms with E-state index >= 15 is 0 Å². The van der Waals surface area contributed by atoms with Crippen LogP contribution in [0.4, 0.5) is 0 Å². The maximum Gasteiger partial charge on any atom is 0.224 e. The minimum atomic E-state index is -0.350. The molecule has 1 aromatic carbocycles. The van der Waals surface area contributed by atoms with Gasteiger partial charge < -0.3 is 14.8 Å². The number of carbonyl (C=O) groups excluding carboxylic acids is 1. The van der Waals surface area contributed by atoms with Crippen molar-refractivity contribution in [1.82, 2.24) is 5.32 Å². The zero-order valence-corrected chi connectivity index (χ0v) is 12.6. The first-order chi connectivity index (χ1) is 10.2. The van der Waals surface area contributed by atoms with Gasteiger partial charge in [0, 0.05) is 18.9 Å². The highest BCUT2D eigenvalue weighted by atomic mass is 16.7. The van der Waals surface area contributed by atoms with E-state index < -0.39 is 0 Å². The lowest BCUT2D eigenvalue weighted by Gasteiger charge is -2.35. The second kappa shape index (κ2) is 6.16. The Morgan fingerprint density at radius 1 is 1.24 bits per heavy atom. The second-order valence-electron chi connectivity index (χ2n) is 6.05. The van der Waals surface area contributed by atoms with Gasteiger partial charge in [0.2, 0.25) is 5.91 Å². The Morgan fingerprint density at radius 2 is 1.90 bits per heavy atom. The van der Waals surface area contributed by atoms with Gasteiger partial charge in [-0.2, -0.15) is 0 Å². The van der Waals surface area contributed by atoms with Crippen molar-refractivity contribution in [3.8, 4) is 0 Å². The summed E-state index contributed by atoms with van der Waals surface area (Å²) in [5.41, 5.74) is 2.27. The van der Waals surface area contributed by atoms with Gasteiger partial charge in [-0.05, 0) is 30.9 Å². The molecular formula is C17H23NO3. The number of hydrogen-bond donors (Lipinski definition) is 1. The number of benzene rings is 1. The van der Waals surface area contributed by atoms with E-state index in [1.165, 1.54) is 5.56 Å². The van der Waals surface area contributed by atoms with Crippen LogP contribution in [0, 0.1) is 6.92 Å². The third kappa shape index (κ3) is 3.44. The highest BCUT2D eigenvalue weighted by Crippen LogP contribution is 2.35. The Hall–Kier alpha value is -1.39. The van der Waals surface area contributed by atoms with Crippen molar-refractivity contribution in [3.63, 3.8) is 0 Å². The fourth-order valence-corrected chi connectivity index (χ4v) is 3.25. The average molecular weight is 289 g/mol. The van der Waals surface area contributed by atoms with Gasteiger partial charge in [-0.1, -0.05) is 24.3 Å². The van der Waals surface area contributed by atoms with Crippen LogP contribution in [0.15, 0.2) is 24.3 Å². The summed E-state index contributed by atoms with van der Waals surface area (Å²) in [6, 6.07) is 8.29. The first-order valence-electron chi connectivity index (χ1n) is 7.79. The topological polar surface area (TPSA) is 47.6 Å². The molecule has 1 spiro atoms. The summed E-state index contributed by atoms with van der Waals surface area (Å²) in [6.45, 7) is 3.44. The molecule has 1 saturated carbocycles. The molecule has 1 N–H and O–H groups in total. The van der Waals surface area contributed by atoms with Crippen LogP contribution in [0.1, 0.15) is 36.8 Å². The first kappa shape index (κ1) is 14.5. The van der Waals surface area contributed by atoms with Crippen LogP contribution >= 0.6 is 0 Å². The first-order valence-corrected chi connectivity index (χ1v) is 7.79. The number of aryl methyl sites for hydroxylation is 1. The summed E-state index contributed by atoms with van der Waals surface area (Å²) in [4.78, 5) is 12.2. The Labute approximate surface area is 125 Å². The quantitative estimate of drug-likeness (QED) is 0.929. The summed E-state index contributed by atoms with van der Waals surface area (Å²) in [7, 11) is 0. The van der Waals surface area contributed by atoms with Crippen molar-refractivity contribution < 1.29 is 14.3 Å². The molecule has 2 aliphatic rings. The summed E-state index contributed by atoms with van der Waals surface area (Å²) in [5, 5.41) is 3.15. The number of rotatable bonds is 3. The van der Waals surface area contributed by atoms with Crippen molar-refractivity contribution in [2.75, 3.05) is 13.2 Å². The van der Waals surface area contributed by atoms with E-state index in [0.717, 1.165) is 31.2 Å². The minimum absolute atomic E-state index is 0.110. The molecule has 114 valence electrons. The van der Waals surface area contributed by atoms with Gasteiger partial charge in [-0.15, -0.1) is 0 Å². The van der Waals surface area contributed by atoms with Crippen LogP contribution < -0.4 is 5.32 Å². The molecule has 1 aromatic rings. The summed E-state index contributed by atoms with van der Waals surface area (Å²) < 4.78 is 11.4. The predicted octanol–water partition coefficient (Wildman–Crippen LogP) is 2.34. The third-order valence-corrected chi connectivity index (χ3v) is 4.54. The van der Waals surface area contributed by atoms with E-state index in [0.29, 0.717) is 19.6 Å². The molecule has 4 nitrogen and oxygen atoms in total. The molecule has 0 radical (unpaired) electrons. The van der Waals surface area contributed by atoms with Crippen molar-refractivity contribution in [1.29, 1.82) is 0 Å². The van der Waals surface area contributed by atoms with E-state index in [1.54, 1.807) is 0 Å². The van der Waals surface area contributed by atoms with Crippen molar-refractivity contribution in [2.24, 2.45) is 0 Å². The monoisotopic (exact) mass is 289 g/mol. The van der Waals surface area contributed by atoms with Crippen LogP contribution in [0.3, 0.4) is 0 Å². The Morgan fingerprint density at radius 3 is 2.57 bits per heavy atom. The van der Waals surface area contributed by atoms with Gasteiger partial charge in [0.1, 0.15) is 0 Å². The largest absolute Gasteiger partial charge is 0.353 e. The molecule has 1 aliphatic heterocycles. The van der Waals surface area contributed by atoms with E-state index in [-0.39, 0.29) is 17.7 Å². The van der Waals surface area contributed by atoms with Gasteiger partial charge in [0.05, 0.1) is 19.6 Å².